The van der Waals surface area contributed by atoms with E-state index in [2.05, 4.69) is 29.0 Å². The molecular formula is C28H34N4O4. The maximum atomic E-state index is 13.0. The summed E-state index contributed by atoms with van der Waals surface area (Å²) in [6.07, 6.45) is 0.940. The van der Waals surface area contributed by atoms with Crippen LogP contribution in [0.15, 0.2) is 54.6 Å². The monoisotopic (exact) mass is 490 g/mol. The third-order valence-corrected chi connectivity index (χ3v) is 6.85. The Morgan fingerprint density at radius 2 is 1.92 bits per heavy atom. The number of hydroxylamine groups is 1. The minimum Gasteiger partial charge on any atom is -0.489 e. The molecule has 1 aliphatic heterocycles. The highest BCUT2D eigenvalue weighted by atomic mass is 16.5. The minimum absolute atomic E-state index is 0.0441. The number of piperidine rings is 1. The first-order valence-corrected chi connectivity index (χ1v) is 12.4. The Hall–Kier alpha value is -3.49. The zero-order valence-electron chi connectivity index (χ0n) is 21.0. The Kier molecular flexibility index (Phi) is 8.18. The zero-order valence-corrected chi connectivity index (χ0v) is 21.0. The molecule has 0 unspecified atom stereocenters. The number of fused-ring (bicyclic) bond motifs is 1. The largest absolute Gasteiger partial charge is 0.489 e. The molecule has 2 heterocycles. The van der Waals surface area contributed by atoms with Crippen molar-refractivity contribution >= 4 is 22.7 Å². The summed E-state index contributed by atoms with van der Waals surface area (Å²) in [5.74, 6) is 0.00169. The van der Waals surface area contributed by atoms with Crippen molar-refractivity contribution < 1.29 is 19.5 Å². The van der Waals surface area contributed by atoms with E-state index in [1.54, 1.807) is 29.7 Å². The normalized spacial score (nSPS) is 18.2. The number of benzene rings is 2. The number of para-hydroxylation sites is 1. The quantitative estimate of drug-likeness (QED) is 0.327. The molecule has 1 fully saturated rings. The van der Waals surface area contributed by atoms with Crippen molar-refractivity contribution in [2.75, 3.05) is 13.1 Å². The van der Waals surface area contributed by atoms with Gasteiger partial charge in [-0.25, -0.2) is 5.48 Å². The van der Waals surface area contributed by atoms with Crippen molar-refractivity contribution in [1.82, 2.24) is 20.7 Å². The number of aryl methyl sites for hydroxylation is 1. The van der Waals surface area contributed by atoms with Crippen LogP contribution in [0.1, 0.15) is 48.3 Å². The van der Waals surface area contributed by atoms with Crippen LogP contribution >= 0.6 is 0 Å². The standard InChI is InChI=1S/C28H34N4O4/c1-18(2)32-13-12-21(15-27(33)31-35)26(16-32)30-28(34)20-8-10-23(11-9-20)36-17-22-14-19(3)29-25-7-5-4-6-24(22)25/h4-11,14,18,21,26,35H,12-13,15-17H2,1-3H3,(H,30,34)(H,31,33)/t21-,26+/m0/s1. The van der Waals surface area contributed by atoms with Gasteiger partial charge >= 0.3 is 0 Å². The predicted octanol–water partition coefficient (Wildman–Crippen LogP) is 3.85. The molecule has 2 aromatic carbocycles. The minimum atomic E-state index is -0.434. The number of carbonyl (C=O) groups is 2. The van der Waals surface area contributed by atoms with Crippen LogP contribution in [0.5, 0.6) is 5.75 Å². The Balaban J connectivity index is 1.41. The van der Waals surface area contributed by atoms with E-state index in [1.807, 2.05) is 37.3 Å². The highest BCUT2D eigenvalue weighted by Crippen LogP contribution is 2.24. The molecule has 1 aromatic heterocycles. The number of carbonyl (C=O) groups excluding carboxylic acids is 2. The fourth-order valence-corrected chi connectivity index (χ4v) is 4.82. The predicted molar refractivity (Wildman–Crippen MR) is 138 cm³/mol. The van der Waals surface area contributed by atoms with E-state index in [0.717, 1.165) is 35.1 Å². The van der Waals surface area contributed by atoms with Gasteiger partial charge in [-0.05, 0) is 76.1 Å². The SMILES string of the molecule is Cc1cc(COc2ccc(C(=O)N[C@@H]3CN(C(C)C)CC[C@H]3CC(=O)NO)cc2)c2ccccc2n1. The number of amides is 2. The fraction of sp³-hybridized carbons (Fsp3) is 0.393. The van der Waals surface area contributed by atoms with Gasteiger partial charge in [0.25, 0.3) is 5.91 Å². The fourth-order valence-electron chi connectivity index (χ4n) is 4.82. The second-order valence-electron chi connectivity index (χ2n) is 9.71. The van der Waals surface area contributed by atoms with Crippen LogP contribution in [-0.4, -0.2) is 52.1 Å². The topological polar surface area (TPSA) is 104 Å². The van der Waals surface area contributed by atoms with Gasteiger partial charge in [-0.3, -0.25) is 24.7 Å². The molecule has 2 amide bonds. The first kappa shape index (κ1) is 25.6. The maximum absolute atomic E-state index is 13.0. The van der Waals surface area contributed by atoms with Crippen LogP contribution in [0.3, 0.4) is 0 Å². The molecule has 2 atom stereocenters. The first-order chi connectivity index (χ1) is 17.3. The molecule has 3 aromatic rings. The summed E-state index contributed by atoms with van der Waals surface area (Å²) in [4.78, 5) is 31.7. The molecule has 3 N–H and O–H groups in total. The van der Waals surface area contributed by atoms with Gasteiger partial charge in [0.15, 0.2) is 0 Å². The molecule has 8 heteroatoms. The molecule has 0 aliphatic carbocycles. The summed E-state index contributed by atoms with van der Waals surface area (Å²) in [5.41, 5.74) is 5.18. The number of pyridine rings is 1. The van der Waals surface area contributed by atoms with E-state index in [1.165, 1.54) is 0 Å². The van der Waals surface area contributed by atoms with Crippen molar-refractivity contribution in [2.45, 2.75) is 52.3 Å². The Morgan fingerprint density at radius 3 is 2.64 bits per heavy atom. The smallest absolute Gasteiger partial charge is 0.251 e. The van der Waals surface area contributed by atoms with Crippen molar-refractivity contribution in [3.63, 3.8) is 0 Å². The lowest BCUT2D eigenvalue weighted by atomic mass is 9.87. The highest BCUT2D eigenvalue weighted by Gasteiger charge is 2.32. The lowest BCUT2D eigenvalue weighted by molar-refractivity contribution is -0.130. The third kappa shape index (κ3) is 6.19. The molecule has 0 bridgehead atoms. The van der Waals surface area contributed by atoms with Crippen LogP contribution < -0.4 is 15.5 Å². The number of aromatic nitrogens is 1. The summed E-state index contributed by atoms with van der Waals surface area (Å²) < 4.78 is 6.02. The molecular weight excluding hydrogens is 456 g/mol. The summed E-state index contributed by atoms with van der Waals surface area (Å²) in [6, 6.07) is 17.3. The van der Waals surface area contributed by atoms with Gasteiger partial charge in [0.05, 0.1) is 5.52 Å². The Morgan fingerprint density at radius 1 is 1.17 bits per heavy atom. The summed E-state index contributed by atoms with van der Waals surface area (Å²) in [6.45, 7) is 8.12. The molecule has 190 valence electrons. The summed E-state index contributed by atoms with van der Waals surface area (Å²) in [7, 11) is 0. The highest BCUT2D eigenvalue weighted by molar-refractivity contribution is 5.94. The lowest BCUT2D eigenvalue weighted by Crippen LogP contribution is -2.54. The first-order valence-electron chi connectivity index (χ1n) is 12.4. The van der Waals surface area contributed by atoms with Crippen molar-refractivity contribution in [3.8, 4) is 5.75 Å². The number of hydrogen-bond donors (Lipinski definition) is 3. The van der Waals surface area contributed by atoms with Gasteiger partial charge in [-0.1, -0.05) is 18.2 Å². The zero-order chi connectivity index (χ0) is 25.7. The molecule has 1 aliphatic rings. The number of ether oxygens (including phenoxy) is 1. The maximum Gasteiger partial charge on any atom is 0.251 e. The molecule has 0 spiro atoms. The number of likely N-dealkylation sites (tertiary alicyclic amines) is 1. The van der Waals surface area contributed by atoms with E-state index in [0.29, 0.717) is 30.5 Å². The van der Waals surface area contributed by atoms with E-state index < -0.39 is 5.91 Å². The van der Waals surface area contributed by atoms with Crippen LogP contribution in [0.4, 0.5) is 0 Å². The van der Waals surface area contributed by atoms with Crippen LogP contribution in [-0.2, 0) is 11.4 Å². The average molecular weight is 491 g/mol. The Bertz CT molecular complexity index is 1210. The summed E-state index contributed by atoms with van der Waals surface area (Å²) >= 11 is 0. The van der Waals surface area contributed by atoms with Crippen molar-refractivity contribution in [1.29, 1.82) is 0 Å². The van der Waals surface area contributed by atoms with Crippen LogP contribution in [0.25, 0.3) is 10.9 Å². The molecule has 0 saturated carbocycles. The van der Waals surface area contributed by atoms with Gasteiger partial charge in [-0.15, -0.1) is 0 Å². The molecule has 1 saturated heterocycles. The Labute approximate surface area is 211 Å². The molecule has 8 nitrogen and oxygen atoms in total. The van der Waals surface area contributed by atoms with E-state index in [4.69, 9.17) is 9.94 Å². The third-order valence-electron chi connectivity index (χ3n) is 6.85. The number of nitrogens with zero attached hydrogens (tertiary/aromatic N) is 2. The van der Waals surface area contributed by atoms with Crippen molar-refractivity contribution in [2.24, 2.45) is 5.92 Å². The number of hydrogen-bond acceptors (Lipinski definition) is 6. The second-order valence-corrected chi connectivity index (χ2v) is 9.71. The second kappa shape index (κ2) is 11.5. The number of rotatable bonds is 8. The van der Waals surface area contributed by atoms with E-state index in [-0.39, 0.29) is 24.3 Å². The van der Waals surface area contributed by atoms with Crippen LogP contribution in [0.2, 0.25) is 0 Å². The van der Waals surface area contributed by atoms with E-state index in [9.17, 15) is 9.59 Å². The number of nitrogens with one attached hydrogen (secondary N) is 2. The van der Waals surface area contributed by atoms with E-state index >= 15 is 0 Å². The van der Waals surface area contributed by atoms with Crippen LogP contribution in [0, 0.1) is 12.8 Å². The summed E-state index contributed by atoms with van der Waals surface area (Å²) in [5, 5.41) is 13.1. The molecule has 4 rings (SSSR count). The molecule has 36 heavy (non-hydrogen) atoms. The van der Waals surface area contributed by atoms with Gasteiger partial charge < -0.3 is 10.1 Å². The van der Waals surface area contributed by atoms with Gasteiger partial charge in [0, 0.05) is 47.3 Å². The lowest BCUT2D eigenvalue weighted by Gasteiger charge is -2.40. The average Bonchev–Trinajstić information content (AvgIpc) is 2.88. The van der Waals surface area contributed by atoms with Crippen molar-refractivity contribution in [3.05, 3.63) is 71.4 Å². The molecule has 0 radical (unpaired) electrons. The van der Waals surface area contributed by atoms with Gasteiger partial charge in [0.1, 0.15) is 12.4 Å². The van der Waals surface area contributed by atoms with Gasteiger partial charge in [0.2, 0.25) is 5.91 Å². The van der Waals surface area contributed by atoms with Gasteiger partial charge in [-0.2, -0.15) is 0 Å².